The van der Waals surface area contributed by atoms with Crippen LogP contribution in [0.2, 0.25) is 0 Å². The third-order valence-corrected chi connectivity index (χ3v) is 4.36. The molecule has 0 fully saturated rings. The van der Waals surface area contributed by atoms with Gasteiger partial charge in [0.25, 0.3) is 0 Å². The lowest BCUT2D eigenvalue weighted by Crippen LogP contribution is -2.29. The van der Waals surface area contributed by atoms with Crippen molar-refractivity contribution in [1.29, 1.82) is 0 Å². The Morgan fingerprint density at radius 1 is 1.05 bits per heavy atom. The molecule has 0 amide bonds. The Morgan fingerprint density at radius 3 is 2.19 bits per heavy atom. The van der Waals surface area contributed by atoms with E-state index in [1.165, 1.54) is 36.4 Å². The van der Waals surface area contributed by atoms with Gasteiger partial charge in [-0.2, -0.15) is 0 Å². The first kappa shape index (κ1) is 15.2. The summed E-state index contributed by atoms with van der Waals surface area (Å²) >= 11 is 0. The first-order valence-corrected chi connectivity index (χ1v) is 7.75. The summed E-state index contributed by atoms with van der Waals surface area (Å²) in [4.78, 5) is 12.0. The Hall–Kier alpha value is -2.18. The van der Waals surface area contributed by atoms with Crippen molar-refractivity contribution in [3.05, 3.63) is 59.7 Å². The van der Waals surface area contributed by atoms with Crippen molar-refractivity contribution in [2.24, 2.45) is 0 Å². The maximum atomic E-state index is 12.0. The highest BCUT2D eigenvalue weighted by molar-refractivity contribution is 7.89. The van der Waals surface area contributed by atoms with Gasteiger partial charge in [-0.3, -0.25) is 4.79 Å². The van der Waals surface area contributed by atoms with Crippen molar-refractivity contribution in [3.8, 4) is 5.75 Å². The Balaban J connectivity index is 2.06. The predicted octanol–water partition coefficient (Wildman–Crippen LogP) is 1.86. The fourth-order valence-electron chi connectivity index (χ4n) is 1.71. The maximum absolute atomic E-state index is 12.0. The molecule has 0 atom stereocenters. The average molecular weight is 305 g/mol. The highest BCUT2D eigenvalue weighted by Crippen LogP contribution is 2.12. The van der Waals surface area contributed by atoms with Gasteiger partial charge in [0, 0.05) is 5.56 Å². The van der Waals surface area contributed by atoms with Crippen molar-refractivity contribution in [3.63, 3.8) is 0 Å². The van der Waals surface area contributed by atoms with E-state index in [2.05, 4.69) is 4.72 Å². The van der Waals surface area contributed by atoms with Gasteiger partial charge in [-0.15, -0.1) is 0 Å². The molecule has 5 nitrogen and oxygen atoms in total. The molecule has 0 bridgehead atoms. The van der Waals surface area contributed by atoms with Crippen LogP contribution in [0.25, 0.3) is 0 Å². The minimum atomic E-state index is -3.71. The van der Waals surface area contributed by atoms with Crippen LogP contribution in [-0.2, 0) is 10.0 Å². The number of aromatic hydroxyl groups is 1. The van der Waals surface area contributed by atoms with Crippen molar-refractivity contribution in [2.75, 3.05) is 6.54 Å². The first-order valence-electron chi connectivity index (χ1n) is 6.27. The van der Waals surface area contributed by atoms with E-state index in [0.29, 0.717) is 5.56 Å². The Kier molecular flexibility index (Phi) is 4.40. The number of nitrogens with one attached hydrogen (secondary N) is 1. The van der Waals surface area contributed by atoms with Gasteiger partial charge in [-0.25, -0.2) is 13.1 Å². The van der Waals surface area contributed by atoms with Crippen molar-refractivity contribution >= 4 is 15.8 Å². The molecule has 2 aromatic carbocycles. The molecule has 2 N–H and O–H groups in total. The molecular weight excluding hydrogens is 290 g/mol. The molecule has 0 unspecified atom stereocenters. The highest BCUT2D eigenvalue weighted by atomic mass is 32.2. The van der Waals surface area contributed by atoms with Crippen LogP contribution in [0.15, 0.2) is 53.4 Å². The fraction of sp³-hybridized carbons (Fsp3) is 0.133. The van der Waals surface area contributed by atoms with Gasteiger partial charge >= 0.3 is 0 Å². The van der Waals surface area contributed by atoms with Gasteiger partial charge in [-0.05, 0) is 43.3 Å². The SMILES string of the molecule is Cc1ccc(S(=O)(=O)NCC(=O)c2ccc(O)cc2)cc1. The minimum absolute atomic E-state index is 0.0480. The summed E-state index contributed by atoms with van der Waals surface area (Å²) in [6.07, 6.45) is 0. The van der Waals surface area contributed by atoms with Gasteiger partial charge in [-0.1, -0.05) is 17.7 Å². The molecule has 0 aliphatic rings. The number of Topliss-reactive ketones (excluding diaryl/α,β-unsaturated/α-hetero) is 1. The summed E-state index contributed by atoms with van der Waals surface area (Å²) in [5, 5.41) is 9.15. The Morgan fingerprint density at radius 2 is 1.62 bits per heavy atom. The molecule has 0 aliphatic heterocycles. The largest absolute Gasteiger partial charge is 0.508 e. The third kappa shape index (κ3) is 3.90. The summed E-state index contributed by atoms with van der Waals surface area (Å²) in [6.45, 7) is 1.53. The molecule has 6 heteroatoms. The van der Waals surface area contributed by atoms with E-state index < -0.39 is 10.0 Å². The van der Waals surface area contributed by atoms with E-state index in [4.69, 9.17) is 5.11 Å². The third-order valence-electron chi connectivity index (χ3n) is 2.94. The normalized spacial score (nSPS) is 11.3. The summed E-state index contributed by atoms with van der Waals surface area (Å²) in [5.41, 5.74) is 1.29. The second kappa shape index (κ2) is 6.07. The molecule has 0 saturated carbocycles. The highest BCUT2D eigenvalue weighted by Gasteiger charge is 2.15. The second-order valence-electron chi connectivity index (χ2n) is 4.61. The van der Waals surface area contributed by atoms with E-state index in [1.807, 2.05) is 6.92 Å². The summed E-state index contributed by atoms with van der Waals surface area (Å²) in [6, 6.07) is 12.0. The smallest absolute Gasteiger partial charge is 0.240 e. The maximum Gasteiger partial charge on any atom is 0.240 e. The summed E-state index contributed by atoms with van der Waals surface area (Å²) in [7, 11) is -3.71. The van der Waals surface area contributed by atoms with E-state index >= 15 is 0 Å². The lowest BCUT2D eigenvalue weighted by atomic mass is 10.1. The number of phenolic OH excluding ortho intramolecular Hbond substituents is 1. The van der Waals surface area contributed by atoms with Crippen LogP contribution in [0, 0.1) is 6.92 Å². The standard InChI is InChI=1S/C15H15NO4S/c1-11-2-8-14(9-3-11)21(19,20)16-10-15(18)12-4-6-13(17)7-5-12/h2-9,16-17H,10H2,1H3. The summed E-state index contributed by atoms with van der Waals surface area (Å²) < 4.78 is 26.3. The van der Waals surface area contributed by atoms with Crippen molar-refractivity contribution in [1.82, 2.24) is 4.72 Å². The van der Waals surface area contributed by atoms with Crippen LogP contribution < -0.4 is 4.72 Å². The van der Waals surface area contributed by atoms with Gasteiger partial charge < -0.3 is 5.11 Å². The second-order valence-corrected chi connectivity index (χ2v) is 6.37. The van der Waals surface area contributed by atoms with Crippen molar-refractivity contribution < 1.29 is 18.3 Å². The Labute approximate surface area is 123 Å². The lowest BCUT2D eigenvalue weighted by molar-refractivity contribution is 0.0997. The molecule has 0 aliphatic carbocycles. The number of hydrogen-bond acceptors (Lipinski definition) is 4. The molecule has 21 heavy (non-hydrogen) atoms. The van der Waals surface area contributed by atoms with E-state index in [-0.39, 0.29) is 23.0 Å². The van der Waals surface area contributed by atoms with E-state index in [0.717, 1.165) is 5.56 Å². The number of carbonyl (C=O) groups is 1. The molecule has 2 aromatic rings. The number of benzene rings is 2. The molecule has 0 heterocycles. The van der Waals surface area contributed by atoms with Crippen LogP contribution in [0.3, 0.4) is 0 Å². The van der Waals surface area contributed by atoms with Crippen molar-refractivity contribution in [2.45, 2.75) is 11.8 Å². The zero-order valence-electron chi connectivity index (χ0n) is 11.4. The monoisotopic (exact) mass is 305 g/mol. The molecule has 0 radical (unpaired) electrons. The number of aryl methyl sites for hydroxylation is 1. The molecule has 2 rings (SSSR count). The zero-order valence-corrected chi connectivity index (χ0v) is 12.2. The Bertz CT molecular complexity index is 734. The number of sulfonamides is 1. The van der Waals surface area contributed by atoms with Gasteiger partial charge in [0.05, 0.1) is 11.4 Å². The predicted molar refractivity (Wildman–Crippen MR) is 78.8 cm³/mol. The van der Waals surface area contributed by atoms with E-state index in [9.17, 15) is 13.2 Å². The van der Waals surface area contributed by atoms with E-state index in [1.54, 1.807) is 12.1 Å². The van der Waals surface area contributed by atoms with Crippen LogP contribution in [0.1, 0.15) is 15.9 Å². The molecule has 0 aromatic heterocycles. The van der Waals surface area contributed by atoms with Gasteiger partial charge in [0.15, 0.2) is 5.78 Å². The fourth-order valence-corrected chi connectivity index (χ4v) is 2.69. The summed E-state index contributed by atoms with van der Waals surface area (Å²) in [5.74, 6) is -0.322. The van der Waals surface area contributed by atoms with Crippen LogP contribution in [0.4, 0.5) is 0 Å². The number of ketones is 1. The number of hydrogen-bond donors (Lipinski definition) is 2. The number of rotatable bonds is 5. The molecule has 110 valence electrons. The van der Waals surface area contributed by atoms with Crippen LogP contribution >= 0.6 is 0 Å². The zero-order chi connectivity index (χ0) is 15.5. The number of carbonyl (C=O) groups excluding carboxylic acids is 1. The van der Waals surface area contributed by atoms with Crippen LogP contribution in [-0.4, -0.2) is 25.9 Å². The topological polar surface area (TPSA) is 83.5 Å². The quantitative estimate of drug-likeness (QED) is 0.826. The lowest BCUT2D eigenvalue weighted by Gasteiger charge is -2.06. The molecular formula is C15H15NO4S. The number of phenols is 1. The van der Waals surface area contributed by atoms with Gasteiger partial charge in [0.1, 0.15) is 5.75 Å². The minimum Gasteiger partial charge on any atom is -0.508 e. The van der Waals surface area contributed by atoms with Gasteiger partial charge in [0.2, 0.25) is 10.0 Å². The average Bonchev–Trinajstić information content (AvgIpc) is 2.46. The first-order chi connectivity index (χ1) is 9.88. The molecule has 0 spiro atoms. The van der Waals surface area contributed by atoms with Crippen LogP contribution in [0.5, 0.6) is 5.75 Å². The molecule has 0 saturated heterocycles.